The van der Waals surface area contributed by atoms with E-state index < -0.39 is 11.9 Å². The second-order valence-electron chi connectivity index (χ2n) is 6.65. The number of carbonyl (C=O) groups is 2. The van der Waals surface area contributed by atoms with Crippen LogP contribution in [0.2, 0.25) is 0 Å². The average molecular weight is 411 g/mol. The van der Waals surface area contributed by atoms with Crippen LogP contribution in [-0.2, 0) is 14.3 Å². The minimum absolute atomic E-state index is 0.248. The fourth-order valence-corrected chi connectivity index (χ4v) is 2.96. The molecule has 156 valence electrons. The molecule has 2 aliphatic heterocycles. The Balaban J connectivity index is 1.19. The summed E-state index contributed by atoms with van der Waals surface area (Å²) in [5.41, 5.74) is 0.760. The molecule has 2 aliphatic rings. The van der Waals surface area contributed by atoms with Gasteiger partial charge in [-0.1, -0.05) is 18.2 Å². The summed E-state index contributed by atoms with van der Waals surface area (Å²) in [7, 11) is 0. The highest BCUT2D eigenvalue weighted by Gasteiger charge is 2.21. The summed E-state index contributed by atoms with van der Waals surface area (Å²) in [6.45, 7) is 1.20. The molecule has 0 radical (unpaired) electrons. The number of carbonyl (C=O) groups excluding carboxylic acids is 2. The first kappa shape index (κ1) is 19.6. The number of hydrogen-bond donors (Lipinski definition) is 1. The molecule has 30 heavy (non-hydrogen) atoms. The molecule has 1 N–H and O–H groups in total. The van der Waals surface area contributed by atoms with Gasteiger partial charge in [-0.05, 0) is 35.9 Å². The number of benzene rings is 2. The van der Waals surface area contributed by atoms with E-state index in [0.717, 1.165) is 5.56 Å². The van der Waals surface area contributed by atoms with Crippen molar-refractivity contribution in [3.63, 3.8) is 0 Å². The number of fused-ring (bicyclic) bond motifs is 2. The van der Waals surface area contributed by atoms with Crippen molar-refractivity contribution in [2.24, 2.45) is 0 Å². The van der Waals surface area contributed by atoms with E-state index in [2.05, 4.69) is 5.32 Å². The molecule has 0 saturated heterocycles. The zero-order valence-electron chi connectivity index (χ0n) is 16.2. The zero-order valence-corrected chi connectivity index (χ0v) is 16.2. The lowest BCUT2D eigenvalue weighted by molar-refractivity contribution is -0.143. The van der Waals surface area contributed by atoms with Crippen LogP contribution in [0.25, 0.3) is 6.08 Å². The van der Waals surface area contributed by atoms with Crippen LogP contribution in [0.3, 0.4) is 0 Å². The Labute approximate surface area is 173 Å². The molecule has 2 aromatic rings. The quantitative estimate of drug-likeness (QED) is 0.574. The topological polar surface area (TPSA) is 92.3 Å². The van der Waals surface area contributed by atoms with Gasteiger partial charge in [0.1, 0.15) is 25.9 Å². The van der Waals surface area contributed by atoms with Gasteiger partial charge in [0.2, 0.25) is 0 Å². The van der Waals surface area contributed by atoms with Crippen LogP contribution in [0.1, 0.15) is 5.56 Å². The Hall–Kier alpha value is -3.68. The van der Waals surface area contributed by atoms with Crippen molar-refractivity contribution in [1.29, 1.82) is 0 Å². The summed E-state index contributed by atoms with van der Waals surface area (Å²) in [6, 6.07) is 12.7. The van der Waals surface area contributed by atoms with Gasteiger partial charge in [0, 0.05) is 6.08 Å². The summed E-state index contributed by atoms with van der Waals surface area (Å²) in [5, 5.41) is 2.67. The second kappa shape index (κ2) is 9.21. The summed E-state index contributed by atoms with van der Waals surface area (Å²) in [5.74, 6) is 1.59. The van der Waals surface area contributed by atoms with Crippen molar-refractivity contribution in [3.8, 4) is 23.0 Å². The highest BCUT2D eigenvalue weighted by atomic mass is 16.6. The van der Waals surface area contributed by atoms with Crippen LogP contribution < -0.4 is 24.3 Å². The molecule has 0 bridgehead atoms. The lowest BCUT2D eigenvalue weighted by Crippen LogP contribution is -2.42. The molecule has 2 aromatic carbocycles. The fraction of sp³-hybridized carbons (Fsp3) is 0.273. The minimum atomic E-state index is -0.619. The summed E-state index contributed by atoms with van der Waals surface area (Å²) >= 11 is 0. The molecule has 0 aliphatic carbocycles. The van der Waals surface area contributed by atoms with E-state index in [1.165, 1.54) is 6.08 Å². The molecular formula is C22H21NO7. The van der Waals surface area contributed by atoms with Crippen molar-refractivity contribution >= 4 is 18.0 Å². The molecule has 0 unspecified atom stereocenters. The first-order valence-electron chi connectivity index (χ1n) is 9.57. The van der Waals surface area contributed by atoms with Crippen molar-refractivity contribution in [2.75, 3.05) is 33.0 Å². The van der Waals surface area contributed by atoms with Gasteiger partial charge in [-0.2, -0.15) is 0 Å². The third-order valence-corrected chi connectivity index (χ3v) is 4.42. The fourth-order valence-electron chi connectivity index (χ4n) is 2.96. The predicted octanol–water partition coefficient (Wildman–Crippen LogP) is 1.97. The number of para-hydroxylation sites is 2. The van der Waals surface area contributed by atoms with Crippen LogP contribution in [0.15, 0.2) is 48.5 Å². The van der Waals surface area contributed by atoms with Crippen LogP contribution in [-0.4, -0.2) is 51.0 Å². The molecule has 8 nitrogen and oxygen atoms in total. The minimum Gasteiger partial charge on any atom is -0.486 e. The van der Waals surface area contributed by atoms with Gasteiger partial charge in [-0.25, -0.2) is 4.79 Å². The van der Waals surface area contributed by atoms with Gasteiger partial charge < -0.3 is 29.0 Å². The van der Waals surface area contributed by atoms with E-state index in [0.29, 0.717) is 42.8 Å². The van der Waals surface area contributed by atoms with E-state index in [1.807, 2.05) is 18.2 Å². The summed E-state index contributed by atoms with van der Waals surface area (Å²) < 4.78 is 27.3. The first-order chi connectivity index (χ1) is 14.7. The lowest BCUT2D eigenvalue weighted by Gasteiger charge is -2.26. The van der Waals surface area contributed by atoms with Crippen LogP contribution in [0.5, 0.6) is 23.0 Å². The van der Waals surface area contributed by atoms with Gasteiger partial charge in [0.15, 0.2) is 29.6 Å². The third-order valence-electron chi connectivity index (χ3n) is 4.42. The van der Waals surface area contributed by atoms with Crippen molar-refractivity contribution in [2.45, 2.75) is 6.10 Å². The number of nitrogens with one attached hydrogen (secondary N) is 1. The molecule has 1 atom stereocenters. The van der Waals surface area contributed by atoms with Gasteiger partial charge in [0.25, 0.3) is 5.91 Å². The molecule has 0 spiro atoms. The molecule has 8 heteroatoms. The van der Waals surface area contributed by atoms with Crippen LogP contribution in [0, 0.1) is 0 Å². The second-order valence-corrected chi connectivity index (χ2v) is 6.65. The average Bonchev–Trinajstić information content (AvgIpc) is 2.79. The maximum atomic E-state index is 11.9. The Kier molecular flexibility index (Phi) is 6.03. The Morgan fingerprint density at radius 1 is 1.00 bits per heavy atom. The van der Waals surface area contributed by atoms with Crippen molar-refractivity contribution < 1.29 is 33.3 Å². The Morgan fingerprint density at radius 2 is 1.77 bits per heavy atom. The van der Waals surface area contributed by atoms with E-state index in [4.69, 9.17) is 23.7 Å². The molecule has 2 heterocycles. The van der Waals surface area contributed by atoms with E-state index >= 15 is 0 Å². The number of amides is 1. The SMILES string of the molecule is O=C(COC(=O)/C=C/c1ccc2c(c1)OCCO2)NC[C@H]1COc2ccccc2O1. The lowest BCUT2D eigenvalue weighted by atomic mass is 10.2. The van der Waals surface area contributed by atoms with Crippen molar-refractivity contribution in [3.05, 3.63) is 54.1 Å². The smallest absolute Gasteiger partial charge is 0.331 e. The van der Waals surface area contributed by atoms with Crippen LogP contribution >= 0.6 is 0 Å². The zero-order chi connectivity index (χ0) is 20.8. The molecular weight excluding hydrogens is 390 g/mol. The molecule has 0 aromatic heterocycles. The largest absolute Gasteiger partial charge is 0.486 e. The summed E-state index contributed by atoms with van der Waals surface area (Å²) in [6.07, 6.45) is 2.53. The first-order valence-corrected chi connectivity index (χ1v) is 9.57. The van der Waals surface area contributed by atoms with Gasteiger partial charge in [0.05, 0.1) is 6.54 Å². The summed E-state index contributed by atoms with van der Waals surface area (Å²) in [4.78, 5) is 23.8. The molecule has 4 rings (SSSR count). The van der Waals surface area contributed by atoms with Crippen LogP contribution in [0.4, 0.5) is 0 Å². The molecule has 0 fully saturated rings. The number of esters is 1. The predicted molar refractivity (Wildman–Crippen MR) is 107 cm³/mol. The highest BCUT2D eigenvalue weighted by Crippen LogP contribution is 2.31. The number of rotatable bonds is 6. The number of ether oxygens (including phenoxy) is 5. The Morgan fingerprint density at radius 3 is 2.63 bits per heavy atom. The van der Waals surface area contributed by atoms with Gasteiger partial charge >= 0.3 is 5.97 Å². The standard InChI is InChI=1S/C22H21NO7/c24-21(23-12-16-13-28-17-3-1-2-4-19(17)30-16)14-29-22(25)8-6-15-5-7-18-20(11-15)27-10-9-26-18/h1-8,11,16H,9-10,12-14H2,(H,23,24)/b8-6+/t16-/m0/s1. The highest BCUT2D eigenvalue weighted by molar-refractivity contribution is 5.89. The number of hydrogen-bond acceptors (Lipinski definition) is 7. The van der Waals surface area contributed by atoms with E-state index in [-0.39, 0.29) is 19.3 Å². The van der Waals surface area contributed by atoms with E-state index in [1.54, 1.807) is 30.3 Å². The van der Waals surface area contributed by atoms with Gasteiger partial charge in [-0.15, -0.1) is 0 Å². The monoisotopic (exact) mass is 411 g/mol. The maximum Gasteiger partial charge on any atom is 0.331 e. The molecule has 1 amide bonds. The van der Waals surface area contributed by atoms with Gasteiger partial charge in [-0.3, -0.25) is 4.79 Å². The maximum absolute atomic E-state index is 11.9. The Bertz CT molecular complexity index is 956. The normalized spacial score (nSPS) is 16.7. The third kappa shape index (κ3) is 5.02. The van der Waals surface area contributed by atoms with Crippen molar-refractivity contribution in [1.82, 2.24) is 5.32 Å². The van der Waals surface area contributed by atoms with E-state index in [9.17, 15) is 9.59 Å². The molecule has 0 saturated carbocycles.